The molecule has 1 amide bonds. The lowest BCUT2D eigenvalue weighted by atomic mass is 9.93. The highest BCUT2D eigenvalue weighted by molar-refractivity contribution is 5.83. The smallest absolute Gasteiger partial charge is 0.227 e. The van der Waals surface area contributed by atoms with Crippen molar-refractivity contribution in [3.8, 4) is 0 Å². The number of nitrogens with zero attached hydrogens (tertiary/aromatic N) is 2. The molecule has 1 aromatic carbocycles. The molecule has 1 saturated heterocycles. The summed E-state index contributed by atoms with van der Waals surface area (Å²) < 4.78 is 19.3. The van der Waals surface area contributed by atoms with E-state index in [1.807, 2.05) is 27.7 Å². The van der Waals surface area contributed by atoms with Crippen LogP contribution in [0.5, 0.6) is 0 Å². The highest BCUT2D eigenvalue weighted by atomic mass is 19.1. The summed E-state index contributed by atoms with van der Waals surface area (Å²) in [5, 5.41) is 6.00. The van der Waals surface area contributed by atoms with E-state index in [-0.39, 0.29) is 23.9 Å². The largest absolute Gasteiger partial charge is 0.367 e. The Morgan fingerprint density at radius 1 is 1.33 bits per heavy atom. The van der Waals surface area contributed by atoms with Gasteiger partial charge in [0.2, 0.25) is 5.91 Å². The summed E-state index contributed by atoms with van der Waals surface area (Å²) in [5.41, 5.74) is 0.346. The highest BCUT2D eigenvalue weighted by Gasteiger charge is 2.30. The topological polar surface area (TPSA) is 66.0 Å². The van der Waals surface area contributed by atoms with Gasteiger partial charge in [-0.15, -0.1) is 0 Å². The second kappa shape index (κ2) is 9.17. The van der Waals surface area contributed by atoms with Gasteiger partial charge in [0.05, 0.1) is 24.6 Å². The molecule has 6 nitrogen and oxygen atoms in total. The van der Waals surface area contributed by atoms with Gasteiger partial charge in [0, 0.05) is 20.1 Å². The van der Waals surface area contributed by atoms with Crippen LogP contribution in [0.2, 0.25) is 0 Å². The number of hydrogen-bond donors (Lipinski definition) is 2. The third kappa shape index (κ3) is 5.66. The molecule has 7 heteroatoms. The van der Waals surface area contributed by atoms with E-state index in [0.29, 0.717) is 19.6 Å². The average molecular weight is 378 g/mol. The van der Waals surface area contributed by atoms with Crippen molar-refractivity contribution in [2.45, 2.75) is 39.9 Å². The molecule has 0 aromatic heterocycles. The van der Waals surface area contributed by atoms with Gasteiger partial charge in [0.15, 0.2) is 5.96 Å². The van der Waals surface area contributed by atoms with Crippen molar-refractivity contribution in [1.82, 2.24) is 15.5 Å². The Kier molecular flexibility index (Phi) is 7.18. The van der Waals surface area contributed by atoms with E-state index in [0.717, 1.165) is 18.1 Å². The van der Waals surface area contributed by atoms with Crippen LogP contribution in [0.4, 0.5) is 4.39 Å². The van der Waals surface area contributed by atoms with Gasteiger partial charge in [-0.1, -0.05) is 12.1 Å². The number of hydrogen-bond acceptors (Lipinski definition) is 3. The maximum atomic E-state index is 13.2. The van der Waals surface area contributed by atoms with Crippen LogP contribution in [0.1, 0.15) is 39.4 Å². The van der Waals surface area contributed by atoms with Gasteiger partial charge in [-0.05, 0) is 45.4 Å². The molecule has 0 saturated carbocycles. The van der Waals surface area contributed by atoms with Crippen molar-refractivity contribution < 1.29 is 13.9 Å². The van der Waals surface area contributed by atoms with Gasteiger partial charge in [-0.2, -0.15) is 0 Å². The van der Waals surface area contributed by atoms with Crippen LogP contribution < -0.4 is 10.6 Å². The van der Waals surface area contributed by atoms with Crippen molar-refractivity contribution in [2.75, 3.05) is 33.2 Å². The van der Waals surface area contributed by atoms with Crippen molar-refractivity contribution in [2.24, 2.45) is 10.4 Å². The molecule has 1 fully saturated rings. The quantitative estimate of drug-likeness (QED) is 0.610. The monoisotopic (exact) mass is 378 g/mol. The second-order valence-electron chi connectivity index (χ2n) is 7.53. The fourth-order valence-electron chi connectivity index (χ4n) is 3.09. The number of carbonyl (C=O) groups excluding carboxylic acids is 1. The number of carbonyl (C=O) groups is 1. The maximum Gasteiger partial charge on any atom is 0.227 e. The fraction of sp³-hybridized carbons (Fsp3) is 0.600. The number of ether oxygens (including phenoxy) is 1. The lowest BCUT2D eigenvalue weighted by Gasteiger charge is -2.39. The zero-order chi connectivity index (χ0) is 20.0. The molecule has 0 radical (unpaired) electrons. The Hall–Kier alpha value is -2.15. The molecule has 1 heterocycles. The summed E-state index contributed by atoms with van der Waals surface area (Å²) in [6.45, 7) is 10.2. The molecule has 150 valence electrons. The van der Waals surface area contributed by atoms with Crippen LogP contribution in [-0.4, -0.2) is 56.1 Å². The number of benzene rings is 1. The van der Waals surface area contributed by atoms with Crippen molar-refractivity contribution in [3.63, 3.8) is 0 Å². The Morgan fingerprint density at radius 2 is 2.00 bits per heavy atom. The minimum absolute atomic E-state index is 0.00427. The number of rotatable bonds is 5. The lowest BCUT2D eigenvalue weighted by Crippen LogP contribution is -2.51. The molecule has 2 rings (SSSR count). The molecule has 2 unspecified atom stereocenters. The predicted octanol–water partition coefficient (Wildman–Crippen LogP) is 2.33. The van der Waals surface area contributed by atoms with Gasteiger partial charge in [0.1, 0.15) is 11.9 Å². The number of amides is 1. The molecule has 1 aliphatic rings. The summed E-state index contributed by atoms with van der Waals surface area (Å²) in [7, 11) is 1.63. The van der Waals surface area contributed by atoms with E-state index >= 15 is 0 Å². The predicted molar refractivity (Wildman–Crippen MR) is 105 cm³/mol. The van der Waals surface area contributed by atoms with Gasteiger partial charge in [0.25, 0.3) is 0 Å². The molecule has 27 heavy (non-hydrogen) atoms. The number of nitrogens with one attached hydrogen (secondary N) is 2. The summed E-state index contributed by atoms with van der Waals surface area (Å²) in [6.07, 6.45) is -0.158. The summed E-state index contributed by atoms with van der Waals surface area (Å²) in [4.78, 5) is 18.9. The Morgan fingerprint density at radius 3 is 2.59 bits per heavy atom. The standard InChI is InChI=1S/C20H31FN4O2/c1-6-23-19(24-13-20(3,4)18(26)22-5)25-11-14(2)27-17(12-25)15-7-9-16(21)10-8-15/h7-10,14,17H,6,11-13H2,1-5H3,(H,22,26)(H,23,24). The average Bonchev–Trinajstić information content (AvgIpc) is 2.64. The molecular formula is C20H31FN4O2. The van der Waals surface area contributed by atoms with Gasteiger partial charge in [-0.3, -0.25) is 9.79 Å². The van der Waals surface area contributed by atoms with E-state index < -0.39 is 5.41 Å². The maximum absolute atomic E-state index is 13.2. The molecule has 2 atom stereocenters. The zero-order valence-corrected chi connectivity index (χ0v) is 16.9. The summed E-state index contributed by atoms with van der Waals surface area (Å²) in [6, 6.07) is 6.42. The van der Waals surface area contributed by atoms with Crippen LogP contribution in [-0.2, 0) is 9.53 Å². The van der Waals surface area contributed by atoms with E-state index in [4.69, 9.17) is 9.73 Å². The SMILES string of the molecule is CCNC(=NCC(C)(C)C(=O)NC)N1CC(C)OC(c2ccc(F)cc2)C1. The molecule has 0 aliphatic carbocycles. The van der Waals surface area contributed by atoms with Crippen LogP contribution in [0.3, 0.4) is 0 Å². The van der Waals surface area contributed by atoms with Gasteiger partial charge < -0.3 is 20.3 Å². The zero-order valence-electron chi connectivity index (χ0n) is 16.9. The fourth-order valence-corrected chi connectivity index (χ4v) is 3.09. The van der Waals surface area contributed by atoms with Crippen molar-refractivity contribution in [3.05, 3.63) is 35.6 Å². The minimum atomic E-state index is -0.594. The Labute approximate surface area is 161 Å². The van der Waals surface area contributed by atoms with Crippen LogP contribution in [0.15, 0.2) is 29.3 Å². The molecule has 0 spiro atoms. The first kappa shape index (κ1) is 21.2. The van der Waals surface area contributed by atoms with E-state index in [2.05, 4.69) is 15.5 Å². The number of aliphatic imine (C=N–C) groups is 1. The number of morpholine rings is 1. The van der Waals surface area contributed by atoms with E-state index in [1.54, 1.807) is 19.2 Å². The first-order valence-electron chi connectivity index (χ1n) is 9.43. The van der Waals surface area contributed by atoms with E-state index in [1.165, 1.54) is 12.1 Å². The molecular weight excluding hydrogens is 347 g/mol. The van der Waals surface area contributed by atoms with Crippen molar-refractivity contribution >= 4 is 11.9 Å². The second-order valence-corrected chi connectivity index (χ2v) is 7.53. The van der Waals surface area contributed by atoms with Crippen LogP contribution in [0.25, 0.3) is 0 Å². The minimum Gasteiger partial charge on any atom is -0.367 e. The molecule has 0 bridgehead atoms. The van der Waals surface area contributed by atoms with Crippen LogP contribution >= 0.6 is 0 Å². The first-order chi connectivity index (χ1) is 12.8. The third-order valence-electron chi connectivity index (χ3n) is 4.60. The molecule has 2 N–H and O–H groups in total. The van der Waals surface area contributed by atoms with Crippen LogP contribution in [0, 0.1) is 11.2 Å². The number of halogens is 1. The van der Waals surface area contributed by atoms with Gasteiger partial charge in [-0.25, -0.2) is 4.39 Å². The first-order valence-corrected chi connectivity index (χ1v) is 9.43. The normalized spacial score (nSPS) is 21.1. The lowest BCUT2D eigenvalue weighted by molar-refractivity contribution is -0.128. The van der Waals surface area contributed by atoms with Gasteiger partial charge >= 0.3 is 0 Å². The molecule has 1 aliphatic heterocycles. The highest BCUT2D eigenvalue weighted by Crippen LogP contribution is 2.26. The molecule has 1 aromatic rings. The third-order valence-corrected chi connectivity index (χ3v) is 4.60. The summed E-state index contributed by atoms with van der Waals surface area (Å²) in [5.74, 6) is 0.462. The summed E-state index contributed by atoms with van der Waals surface area (Å²) >= 11 is 0. The Balaban J connectivity index is 2.18. The van der Waals surface area contributed by atoms with E-state index in [9.17, 15) is 9.18 Å². The Bertz CT molecular complexity index is 660. The number of guanidine groups is 1. The van der Waals surface area contributed by atoms with Crippen molar-refractivity contribution in [1.29, 1.82) is 0 Å².